The van der Waals surface area contributed by atoms with E-state index in [4.69, 9.17) is 0 Å². The standard InChI is InChI=1S/C17H25N3O/c1-2-20-11-5-7-14(12-20)19-17(21)16-15-8-4-3-6-13(15)9-10-18-16/h3-4,6,8,14,16,18H,2,5,7,9-12H2,1H3,(H,19,21). The van der Waals surface area contributed by atoms with E-state index in [2.05, 4.69) is 40.7 Å². The summed E-state index contributed by atoms with van der Waals surface area (Å²) in [5.74, 6) is 0.130. The van der Waals surface area contributed by atoms with Crippen LogP contribution >= 0.6 is 0 Å². The topological polar surface area (TPSA) is 44.4 Å². The molecule has 3 rings (SSSR count). The van der Waals surface area contributed by atoms with Gasteiger partial charge in [-0.25, -0.2) is 0 Å². The number of nitrogens with one attached hydrogen (secondary N) is 2. The Morgan fingerprint density at radius 2 is 2.29 bits per heavy atom. The Bertz CT molecular complexity index is 503. The van der Waals surface area contributed by atoms with E-state index in [-0.39, 0.29) is 11.9 Å². The number of carbonyl (C=O) groups excluding carboxylic acids is 1. The monoisotopic (exact) mass is 287 g/mol. The average Bonchev–Trinajstić information content (AvgIpc) is 2.54. The summed E-state index contributed by atoms with van der Waals surface area (Å²) in [4.78, 5) is 15.0. The van der Waals surface area contributed by atoms with Crippen molar-refractivity contribution in [2.75, 3.05) is 26.2 Å². The third kappa shape index (κ3) is 3.27. The molecule has 4 heteroatoms. The molecule has 2 atom stereocenters. The van der Waals surface area contributed by atoms with Crippen molar-refractivity contribution in [3.8, 4) is 0 Å². The summed E-state index contributed by atoms with van der Waals surface area (Å²) in [6, 6.07) is 8.39. The van der Waals surface area contributed by atoms with Crippen molar-refractivity contribution in [1.29, 1.82) is 0 Å². The molecule has 2 N–H and O–H groups in total. The molecule has 1 amide bonds. The molecule has 1 fully saturated rings. The molecule has 1 aromatic rings. The maximum absolute atomic E-state index is 12.6. The highest BCUT2D eigenvalue weighted by Gasteiger charge is 2.28. The molecule has 0 aromatic heterocycles. The average molecular weight is 287 g/mol. The Morgan fingerprint density at radius 3 is 3.14 bits per heavy atom. The zero-order valence-electron chi connectivity index (χ0n) is 12.8. The number of carbonyl (C=O) groups is 1. The number of amides is 1. The van der Waals surface area contributed by atoms with Crippen molar-refractivity contribution in [2.24, 2.45) is 0 Å². The van der Waals surface area contributed by atoms with Crippen molar-refractivity contribution < 1.29 is 4.79 Å². The first-order valence-electron chi connectivity index (χ1n) is 8.12. The molecule has 0 aliphatic carbocycles. The summed E-state index contributed by atoms with van der Waals surface area (Å²) in [7, 11) is 0. The SMILES string of the molecule is CCN1CCCC(NC(=O)C2NCCc3ccccc32)C1. The van der Waals surface area contributed by atoms with Crippen LogP contribution in [0.5, 0.6) is 0 Å². The van der Waals surface area contributed by atoms with Gasteiger partial charge in [0, 0.05) is 19.1 Å². The molecule has 0 bridgehead atoms. The fraction of sp³-hybridized carbons (Fsp3) is 0.588. The van der Waals surface area contributed by atoms with E-state index in [1.54, 1.807) is 0 Å². The van der Waals surface area contributed by atoms with Gasteiger partial charge in [0.15, 0.2) is 0 Å². The normalized spacial score (nSPS) is 26.1. The molecule has 0 spiro atoms. The lowest BCUT2D eigenvalue weighted by atomic mass is 9.93. The summed E-state index contributed by atoms with van der Waals surface area (Å²) < 4.78 is 0. The second kappa shape index (κ2) is 6.58. The first-order valence-corrected chi connectivity index (χ1v) is 8.12. The molecule has 2 unspecified atom stereocenters. The first kappa shape index (κ1) is 14.5. The number of piperidine rings is 1. The molecule has 4 nitrogen and oxygen atoms in total. The molecular weight excluding hydrogens is 262 g/mol. The van der Waals surface area contributed by atoms with Crippen LogP contribution in [0, 0.1) is 0 Å². The number of likely N-dealkylation sites (tertiary alicyclic amines) is 1. The highest BCUT2D eigenvalue weighted by atomic mass is 16.2. The Kier molecular flexibility index (Phi) is 4.56. The number of rotatable bonds is 3. The summed E-state index contributed by atoms with van der Waals surface area (Å²) in [6.07, 6.45) is 3.27. The fourth-order valence-electron chi connectivity index (χ4n) is 3.48. The van der Waals surface area contributed by atoms with Crippen molar-refractivity contribution >= 4 is 5.91 Å². The Labute approximate surface area is 126 Å². The van der Waals surface area contributed by atoms with Crippen LogP contribution in [0.15, 0.2) is 24.3 Å². The van der Waals surface area contributed by atoms with Gasteiger partial charge in [-0.15, -0.1) is 0 Å². The van der Waals surface area contributed by atoms with Gasteiger partial charge >= 0.3 is 0 Å². The number of benzene rings is 1. The second-order valence-electron chi connectivity index (χ2n) is 6.08. The van der Waals surface area contributed by atoms with Gasteiger partial charge in [-0.05, 0) is 43.5 Å². The maximum atomic E-state index is 12.6. The van der Waals surface area contributed by atoms with Gasteiger partial charge in [0.2, 0.25) is 5.91 Å². The van der Waals surface area contributed by atoms with Gasteiger partial charge < -0.3 is 15.5 Å². The summed E-state index contributed by atoms with van der Waals surface area (Å²) >= 11 is 0. The molecule has 0 saturated carbocycles. The number of fused-ring (bicyclic) bond motifs is 1. The van der Waals surface area contributed by atoms with E-state index in [9.17, 15) is 4.79 Å². The van der Waals surface area contributed by atoms with E-state index in [0.717, 1.165) is 44.6 Å². The fourth-order valence-corrected chi connectivity index (χ4v) is 3.48. The zero-order chi connectivity index (χ0) is 14.7. The van der Waals surface area contributed by atoms with E-state index in [1.165, 1.54) is 12.0 Å². The summed E-state index contributed by atoms with van der Waals surface area (Å²) in [5, 5.41) is 6.61. The number of hydrogen-bond acceptors (Lipinski definition) is 3. The van der Waals surface area contributed by atoms with Crippen LogP contribution in [0.3, 0.4) is 0 Å². The van der Waals surface area contributed by atoms with Crippen LogP contribution in [0.1, 0.15) is 36.9 Å². The summed E-state index contributed by atoms with van der Waals surface area (Å²) in [6.45, 7) is 6.27. The highest BCUT2D eigenvalue weighted by molar-refractivity contribution is 5.84. The third-order valence-corrected chi connectivity index (χ3v) is 4.67. The van der Waals surface area contributed by atoms with Crippen LogP contribution in [0.2, 0.25) is 0 Å². The Hall–Kier alpha value is -1.39. The van der Waals surface area contributed by atoms with Crippen molar-refractivity contribution in [1.82, 2.24) is 15.5 Å². The van der Waals surface area contributed by atoms with E-state index >= 15 is 0 Å². The van der Waals surface area contributed by atoms with Crippen molar-refractivity contribution in [2.45, 2.75) is 38.3 Å². The molecule has 1 aromatic carbocycles. The molecule has 114 valence electrons. The molecule has 1 saturated heterocycles. The largest absolute Gasteiger partial charge is 0.350 e. The van der Waals surface area contributed by atoms with Crippen molar-refractivity contribution in [3.63, 3.8) is 0 Å². The van der Waals surface area contributed by atoms with Crippen LogP contribution in [0.4, 0.5) is 0 Å². The molecule has 0 radical (unpaired) electrons. The molecule has 2 aliphatic heterocycles. The lowest BCUT2D eigenvalue weighted by Crippen LogP contribution is -2.51. The summed E-state index contributed by atoms with van der Waals surface area (Å²) in [5.41, 5.74) is 2.44. The lowest BCUT2D eigenvalue weighted by molar-refractivity contribution is -0.124. The predicted octanol–water partition coefficient (Wildman–Crippen LogP) is 1.47. The van der Waals surface area contributed by atoms with Gasteiger partial charge in [-0.3, -0.25) is 4.79 Å². The van der Waals surface area contributed by atoms with Gasteiger partial charge in [-0.2, -0.15) is 0 Å². The molecule has 2 heterocycles. The number of likely N-dealkylation sites (N-methyl/N-ethyl adjacent to an activating group) is 1. The maximum Gasteiger partial charge on any atom is 0.242 e. The Morgan fingerprint density at radius 1 is 1.43 bits per heavy atom. The first-order chi connectivity index (χ1) is 10.3. The van der Waals surface area contributed by atoms with Gasteiger partial charge in [-0.1, -0.05) is 31.2 Å². The lowest BCUT2D eigenvalue weighted by Gasteiger charge is -2.34. The van der Waals surface area contributed by atoms with E-state index in [1.807, 2.05) is 6.07 Å². The van der Waals surface area contributed by atoms with Gasteiger partial charge in [0.25, 0.3) is 0 Å². The molecule has 2 aliphatic rings. The van der Waals surface area contributed by atoms with Crippen LogP contribution < -0.4 is 10.6 Å². The van der Waals surface area contributed by atoms with Crippen LogP contribution in [-0.4, -0.2) is 43.0 Å². The quantitative estimate of drug-likeness (QED) is 0.885. The van der Waals surface area contributed by atoms with Crippen LogP contribution in [-0.2, 0) is 11.2 Å². The van der Waals surface area contributed by atoms with Gasteiger partial charge in [0.05, 0.1) is 0 Å². The minimum Gasteiger partial charge on any atom is -0.350 e. The predicted molar refractivity (Wildman–Crippen MR) is 84.2 cm³/mol. The van der Waals surface area contributed by atoms with Crippen molar-refractivity contribution in [3.05, 3.63) is 35.4 Å². The molecule has 21 heavy (non-hydrogen) atoms. The molecular formula is C17H25N3O. The second-order valence-corrected chi connectivity index (χ2v) is 6.08. The van der Waals surface area contributed by atoms with Gasteiger partial charge in [0.1, 0.15) is 6.04 Å². The third-order valence-electron chi connectivity index (χ3n) is 4.67. The van der Waals surface area contributed by atoms with E-state index in [0.29, 0.717) is 6.04 Å². The van der Waals surface area contributed by atoms with Crippen LogP contribution in [0.25, 0.3) is 0 Å². The smallest absolute Gasteiger partial charge is 0.242 e. The minimum absolute atomic E-state index is 0.130. The zero-order valence-corrected chi connectivity index (χ0v) is 12.8. The number of hydrogen-bond donors (Lipinski definition) is 2. The van der Waals surface area contributed by atoms with E-state index < -0.39 is 0 Å². The highest BCUT2D eigenvalue weighted by Crippen LogP contribution is 2.23. The Balaban J connectivity index is 1.66. The minimum atomic E-state index is -0.188. The number of nitrogens with zero attached hydrogens (tertiary/aromatic N) is 1.